The Morgan fingerprint density at radius 3 is 2.37 bits per heavy atom. The van der Waals surface area contributed by atoms with Gasteiger partial charge in [0.05, 0.1) is 6.61 Å². The summed E-state index contributed by atoms with van der Waals surface area (Å²) >= 11 is 3.62. The Bertz CT molecular complexity index is 189. The molecule has 0 N–H and O–H groups in total. The van der Waals surface area contributed by atoms with Gasteiger partial charge >= 0.3 is 18.2 Å². The van der Waals surface area contributed by atoms with Gasteiger partial charge in [-0.15, -0.1) is 4.55 Å². The highest BCUT2D eigenvalue weighted by atomic mass is 79.9. The van der Waals surface area contributed by atoms with Gasteiger partial charge in [-0.25, -0.2) is 0 Å². The fourth-order valence-electron chi connectivity index (χ4n) is 1.74. The van der Waals surface area contributed by atoms with Crippen LogP contribution in [0.5, 0.6) is 0 Å². The molecular formula is C15H29BrMgO2. The third-order valence-corrected chi connectivity index (χ3v) is 5.27. The van der Waals surface area contributed by atoms with Crippen LogP contribution in [0.1, 0.15) is 58.3 Å². The zero-order chi connectivity index (χ0) is 14.0. The Balaban J connectivity index is 2.97. The Morgan fingerprint density at radius 1 is 0.895 bits per heavy atom. The first kappa shape index (κ1) is 19.9. The van der Waals surface area contributed by atoms with E-state index >= 15 is 0 Å². The predicted octanol–water partition coefficient (Wildman–Crippen LogP) is 5.11. The fourth-order valence-corrected chi connectivity index (χ4v) is 3.10. The number of rotatable bonds is 15. The van der Waals surface area contributed by atoms with Gasteiger partial charge in [0.15, 0.2) is 0 Å². The molecule has 0 aliphatic heterocycles. The standard InChI is InChI=1S/C15H29O2.BrH.Mg/c1-3-5-7-9-10-12-14-17-15-16-13-11-8-6-4-2;;/h6,8H,2-5,7,9-15H2,1H3;1H;/q;;+1/p-1/b8-6+;;. The van der Waals surface area contributed by atoms with Crippen LogP contribution in [0.4, 0.5) is 0 Å². The van der Waals surface area contributed by atoms with Crippen LogP contribution in [-0.4, -0.2) is 38.2 Å². The van der Waals surface area contributed by atoms with Crippen molar-refractivity contribution in [1.82, 2.24) is 0 Å². The van der Waals surface area contributed by atoms with Crippen molar-refractivity contribution in [2.75, 3.05) is 20.0 Å². The van der Waals surface area contributed by atoms with Crippen LogP contribution >= 0.6 is 12.9 Å². The molecule has 0 bridgehead atoms. The van der Waals surface area contributed by atoms with Crippen molar-refractivity contribution in [1.29, 1.82) is 0 Å². The number of halogens is 1. The van der Waals surface area contributed by atoms with Gasteiger partial charge in [-0.05, 0) is 12.8 Å². The maximum atomic E-state index is 5.44. The van der Waals surface area contributed by atoms with Crippen LogP contribution in [0.25, 0.3) is 0 Å². The van der Waals surface area contributed by atoms with Crippen molar-refractivity contribution in [3.63, 3.8) is 0 Å². The Kier molecular flexibility index (Phi) is 19.8. The number of unbranched alkanes of at least 4 members (excludes halogenated alkanes) is 5. The molecule has 0 amide bonds. The molecule has 0 aromatic heterocycles. The molecule has 0 unspecified atom stereocenters. The molecule has 0 spiro atoms. The summed E-state index contributed by atoms with van der Waals surface area (Å²) in [7, 11) is 0. The van der Waals surface area contributed by atoms with Gasteiger partial charge in [0, 0.05) is 6.61 Å². The summed E-state index contributed by atoms with van der Waals surface area (Å²) in [5.74, 6) is 0. The summed E-state index contributed by atoms with van der Waals surface area (Å²) < 4.78 is 12.2. The van der Waals surface area contributed by atoms with Gasteiger partial charge in [0.2, 0.25) is 0 Å². The molecule has 4 heteroatoms. The molecule has 0 aromatic rings. The van der Waals surface area contributed by atoms with Gasteiger partial charge in [-0.3, -0.25) is 0 Å². The van der Waals surface area contributed by atoms with Crippen LogP contribution in [-0.2, 0) is 9.47 Å². The normalized spacial score (nSPS) is 11.1. The lowest BCUT2D eigenvalue weighted by Gasteiger charge is -2.04. The lowest BCUT2D eigenvalue weighted by atomic mass is 10.1. The SMILES string of the molecule is CCCCCCCCOCOCC/C=C/C[CH2][Mg][Br]. The molecule has 19 heavy (non-hydrogen) atoms. The summed E-state index contributed by atoms with van der Waals surface area (Å²) in [6, 6.07) is 0. The average molecular weight is 346 g/mol. The summed E-state index contributed by atoms with van der Waals surface area (Å²) in [6.45, 7) is 4.33. The lowest BCUT2D eigenvalue weighted by Crippen LogP contribution is -2.02. The molecule has 0 heterocycles. The smallest absolute Gasteiger partial charge is 0.355 e. The zero-order valence-corrected chi connectivity index (χ0v) is 15.5. The second-order valence-corrected chi connectivity index (χ2v) is 8.26. The lowest BCUT2D eigenvalue weighted by molar-refractivity contribution is -0.0531. The Labute approximate surface area is 135 Å². The zero-order valence-electron chi connectivity index (χ0n) is 12.5. The minimum Gasteiger partial charge on any atom is -0.355 e. The monoisotopic (exact) mass is 344 g/mol. The van der Waals surface area contributed by atoms with Crippen molar-refractivity contribution in [3.8, 4) is 0 Å². The van der Waals surface area contributed by atoms with Crippen LogP contribution in [0.2, 0.25) is 4.55 Å². The molecule has 0 saturated heterocycles. The highest BCUT2D eigenvalue weighted by Gasteiger charge is 1.91. The molecule has 0 saturated carbocycles. The molecular weight excluding hydrogens is 316 g/mol. The van der Waals surface area contributed by atoms with E-state index in [0.29, 0.717) is 6.79 Å². The third-order valence-electron chi connectivity index (χ3n) is 2.91. The molecule has 0 atom stereocenters. The minimum absolute atomic E-state index is 0.0607. The minimum atomic E-state index is 0.0607. The van der Waals surface area contributed by atoms with Crippen molar-refractivity contribution in [2.24, 2.45) is 0 Å². The van der Waals surface area contributed by atoms with Crippen molar-refractivity contribution in [3.05, 3.63) is 12.2 Å². The average Bonchev–Trinajstić information content (AvgIpc) is 2.43. The number of hydrogen-bond acceptors (Lipinski definition) is 2. The Morgan fingerprint density at radius 2 is 1.58 bits per heavy atom. The first-order valence-corrected chi connectivity index (χ1v) is 12.7. The molecule has 0 aliphatic rings. The molecule has 0 rings (SSSR count). The highest BCUT2D eigenvalue weighted by Crippen LogP contribution is 2.04. The molecule has 0 fully saturated rings. The fraction of sp³-hybridized carbons (Fsp3) is 0.867. The van der Waals surface area contributed by atoms with E-state index in [2.05, 4.69) is 32.0 Å². The van der Waals surface area contributed by atoms with E-state index < -0.39 is 0 Å². The van der Waals surface area contributed by atoms with Crippen LogP contribution < -0.4 is 0 Å². The molecule has 0 aromatic carbocycles. The van der Waals surface area contributed by atoms with Gasteiger partial charge < -0.3 is 22.4 Å². The summed E-state index contributed by atoms with van der Waals surface area (Å²) in [4.78, 5) is 0. The van der Waals surface area contributed by atoms with Gasteiger partial charge in [0.1, 0.15) is 6.79 Å². The van der Waals surface area contributed by atoms with Crippen molar-refractivity contribution in [2.45, 2.75) is 62.8 Å². The Hall–Kier alpha value is 0.906. The van der Waals surface area contributed by atoms with Crippen LogP contribution in [0.3, 0.4) is 0 Å². The topological polar surface area (TPSA) is 18.5 Å². The van der Waals surface area contributed by atoms with Gasteiger partial charge in [-0.1, -0.05) is 57.6 Å². The van der Waals surface area contributed by atoms with Crippen LogP contribution in [0, 0.1) is 0 Å². The van der Waals surface area contributed by atoms with E-state index in [9.17, 15) is 0 Å². The second kappa shape index (κ2) is 18.9. The van der Waals surface area contributed by atoms with E-state index in [1.807, 2.05) is 0 Å². The molecule has 0 aliphatic carbocycles. The number of hydrogen-bond donors (Lipinski definition) is 0. The molecule has 2 nitrogen and oxygen atoms in total. The van der Waals surface area contributed by atoms with Crippen LogP contribution in [0.15, 0.2) is 12.2 Å². The summed E-state index contributed by atoms with van der Waals surface area (Å²) in [6.07, 6.45) is 14.6. The van der Waals surface area contributed by atoms with Crippen molar-refractivity contribution >= 4 is 31.1 Å². The van der Waals surface area contributed by atoms with E-state index in [4.69, 9.17) is 9.47 Å². The second-order valence-electron chi connectivity index (χ2n) is 4.79. The van der Waals surface area contributed by atoms with E-state index in [1.54, 1.807) is 0 Å². The van der Waals surface area contributed by atoms with Gasteiger partial charge in [0.25, 0.3) is 0 Å². The maximum absolute atomic E-state index is 5.44. The molecule has 110 valence electrons. The predicted molar refractivity (Wildman–Crippen MR) is 88.0 cm³/mol. The van der Waals surface area contributed by atoms with E-state index in [0.717, 1.165) is 19.6 Å². The summed E-state index contributed by atoms with van der Waals surface area (Å²) in [5, 5.41) is 0. The van der Waals surface area contributed by atoms with Crippen molar-refractivity contribution < 1.29 is 9.47 Å². The highest BCUT2D eigenvalue weighted by molar-refractivity contribution is 9.23. The molecule has 0 radical (unpaired) electrons. The largest absolute Gasteiger partial charge is 0.468 e. The number of ether oxygens (including phenoxy) is 2. The van der Waals surface area contributed by atoms with E-state index in [-0.39, 0.29) is 18.2 Å². The number of allylic oxidation sites excluding steroid dienone is 1. The third kappa shape index (κ3) is 18.9. The summed E-state index contributed by atoms with van der Waals surface area (Å²) in [5.41, 5.74) is 0. The maximum Gasteiger partial charge on any atom is 0.468 e. The van der Waals surface area contributed by atoms with Gasteiger partial charge in [-0.2, -0.15) is 0 Å². The first-order chi connectivity index (χ1) is 9.41. The quantitative estimate of drug-likeness (QED) is 0.178. The van der Waals surface area contributed by atoms with E-state index in [1.165, 1.54) is 49.5 Å². The first-order valence-electron chi connectivity index (χ1n) is 7.78.